The van der Waals surface area contributed by atoms with Crippen LogP contribution in [0.15, 0.2) is 0 Å². The highest BCUT2D eigenvalue weighted by Gasteiger charge is 2.40. The van der Waals surface area contributed by atoms with Crippen LogP contribution in [0.5, 0.6) is 0 Å². The van der Waals surface area contributed by atoms with Crippen LogP contribution in [0.1, 0.15) is 25.7 Å². The molecule has 0 amide bonds. The molecule has 0 aliphatic carbocycles. The first-order valence-electron chi connectivity index (χ1n) is 6.51. The van der Waals surface area contributed by atoms with Crippen LogP contribution in [0, 0.1) is 0 Å². The Hall–Kier alpha value is -1.75. The molecule has 0 aliphatic rings. The second-order valence-corrected chi connectivity index (χ2v) is 4.38. The van der Waals surface area contributed by atoms with Crippen molar-refractivity contribution in [2.24, 2.45) is 0 Å². The average Bonchev–Trinajstić information content (AvgIpc) is 2.37. The normalized spacial score (nSPS) is 10.5. The number of rotatable bonds is 11. The minimum absolute atomic E-state index is 0.242. The van der Waals surface area contributed by atoms with Gasteiger partial charge in [-0.25, -0.2) is 4.79 Å². The first-order chi connectivity index (χ1) is 10.2. The van der Waals surface area contributed by atoms with E-state index in [-0.39, 0.29) is 13.2 Å². The van der Waals surface area contributed by atoms with Gasteiger partial charge in [0.1, 0.15) is 0 Å². The molecule has 0 radical (unpaired) electrons. The van der Waals surface area contributed by atoms with Crippen molar-refractivity contribution in [3.63, 3.8) is 0 Å². The molecule has 22 heavy (non-hydrogen) atoms. The van der Waals surface area contributed by atoms with Crippen LogP contribution in [0.3, 0.4) is 0 Å². The molecule has 0 unspecified atom stereocenters. The molecule has 0 bridgehead atoms. The number of hydrogen-bond acceptors (Lipinski definition) is 7. The fourth-order valence-electron chi connectivity index (χ4n) is 1.25. The minimum atomic E-state index is -2.74. The summed E-state index contributed by atoms with van der Waals surface area (Å²) in [5.74, 6) is -5.02. The van der Waals surface area contributed by atoms with Gasteiger partial charge in [0, 0.05) is 13.2 Å². The van der Waals surface area contributed by atoms with Crippen molar-refractivity contribution in [2.45, 2.75) is 31.3 Å². The highest BCUT2D eigenvalue weighted by Crippen LogP contribution is 2.15. The van der Waals surface area contributed by atoms with Gasteiger partial charge in [-0.1, -0.05) is 0 Å². The minimum Gasteiger partial charge on any atom is -0.481 e. The molecule has 0 aromatic heterocycles. The fraction of sp³-hybridized carbons (Fsp3) is 0.750. The van der Waals surface area contributed by atoms with E-state index in [4.69, 9.17) is 30.6 Å². The van der Waals surface area contributed by atoms with E-state index < -0.39 is 36.4 Å². The van der Waals surface area contributed by atoms with E-state index >= 15 is 0 Å². The molecule has 0 saturated carbocycles. The molecule has 0 spiro atoms. The van der Waals surface area contributed by atoms with Gasteiger partial charge in [-0.05, 0) is 25.9 Å². The Morgan fingerprint density at radius 1 is 0.818 bits per heavy atom. The lowest BCUT2D eigenvalue weighted by atomic mass is 9.96. The maximum absolute atomic E-state index is 10.3. The summed E-state index contributed by atoms with van der Waals surface area (Å²) < 4.78 is 0. The molecular formula is C12H23NO9. The Bertz CT molecular complexity index is 323. The summed E-state index contributed by atoms with van der Waals surface area (Å²) in [6, 6.07) is 0. The first kappa shape index (κ1) is 22.5. The number of carbonyl (C=O) groups is 3. The fourth-order valence-corrected chi connectivity index (χ4v) is 1.25. The molecule has 0 aromatic carbocycles. The van der Waals surface area contributed by atoms with Crippen molar-refractivity contribution in [1.82, 2.24) is 5.32 Å². The summed E-state index contributed by atoms with van der Waals surface area (Å²) in [6.07, 6.45) is -0.694. The molecule has 7 N–H and O–H groups in total. The van der Waals surface area contributed by atoms with Crippen molar-refractivity contribution >= 4 is 17.9 Å². The molecule has 130 valence electrons. The second kappa shape index (κ2) is 13.0. The average molecular weight is 325 g/mol. The van der Waals surface area contributed by atoms with Crippen LogP contribution in [0.25, 0.3) is 0 Å². The van der Waals surface area contributed by atoms with Crippen LogP contribution in [-0.4, -0.2) is 80.5 Å². The number of carboxylic acid groups (broad SMARTS) is 3. The van der Waals surface area contributed by atoms with Crippen LogP contribution in [0.4, 0.5) is 0 Å². The smallest absolute Gasteiger partial charge is 0.336 e. The lowest BCUT2D eigenvalue weighted by Crippen LogP contribution is -2.42. The molecule has 0 saturated heterocycles. The monoisotopic (exact) mass is 325 g/mol. The number of carboxylic acids is 3. The number of aliphatic hydroxyl groups is 3. The molecule has 0 atom stereocenters. The third kappa shape index (κ3) is 13.2. The molecule has 10 nitrogen and oxygen atoms in total. The van der Waals surface area contributed by atoms with E-state index in [9.17, 15) is 14.4 Å². The molecule has 0 heterocycles. The Kier molecular flexibility index (Phi) is 13.3. The summed E-state index contributed by atoms with van der Waals surface area (Å²) in [6.45, 7) is 2.17. The van der Waals surface area contributed by atoms with Gasteiger partial charge < -0.3 is 36.0 Å². The summed E-state index contributed by atoms with van der Waals surface area (Å²) in [5, 5.41) is 53.5. The van der Waals surface area contributed by atoms with E-state index in [2.05, 4.69) is 5.32 Å². The molecule has 0 aromatic rings. The summed E-state index contributed by atoms with van der Waals surface area (Å²) in [4.78, 5) is 30.5. The van der Waals surface area contributed by atoms with Crippen LogP contribution in [0.2, 0.25) is 0 Å². The zero-order valence-electron chi connectivity index (χ0n) is 12.1. The maximum atomic E-state index is 10.3. The zero-order chi connectivity index (χ0) is 17.6. The predicted molar refractivity (Wildman–Crippen MR) is 73.4 cm³/mol. The van der Waals surface area contributed by atoms with Gasteiger partial charge in [-0.3, -0.25) is 9.59 Å². The molecule has 0 aliphatic heterocycles. The number of hydrogen-bond donors (Lipinski definition) is 7. The highest BCUT2D eigenvalue weighted by molar-refractivity contribution is 5.88. The number of aliphatic carboxylic acids is 3. The predicted octanol–water partition coefficient (Wildman–Crippen LogP) is -1.91. The first-order valence-corrected chi connectivity index (χ1v) is 6.51. The van der Waals surface area contributed by atoms with Crippen LogP contribution in [-0.2, 0) is 14.4 Å². The van der Waals surface area contributed by atoms with E-state index in [0.717, 1.165) is 25.9 Å². The Morgan fingerprint density at radius 3 is 1.41 bits per heavy atom. The summed E-state index contributed by atoms with van der Waals surface area (Å²) >= 11 is 0. The maximum Gasteiger partial charge on any atom is 0.336 e. The number of nitrogens with one attached hydrogen (secondary N) is 1. The summed E-state index contributed by atoms with van der Waals surface area (Å²) in [5.41, 5.74) is -2.74. The molecule has 0 fully saturated rings. The lowest BCUT2D eigenvalue weighted by molar-refractivity contribution is -0.170. The van der Waals surface area contributed by atoms with Crippen molar-refractivity contribution < 1.29 is 45.0 Å². The largest absolute Gasteiger partial charge is 0.481 e. The van der Waals surface area contributed by atoms with Crippen LogP contribution >= 0.6 is 0 Å². The zero-order valence-corrected chi connectivity index (χ0v) is 12.1. The van der Waals surface area contributed by atoms with Gasteiger partial charge in [0.05, 0.1) is 12.8 Å². The van der Waals surface area contributed by atoms with Crippen molar-refractivity contribution in [3.05, 3.63) is 0 Å². The Balaban J connectivity index is 0. The van der Waals surface area contributed by atoms with E-state index in [1.807, 2.05) is 0 Å². The molecule has 10 heteroatoms. The van der Waals surface area contributed by atoms with Gasteiger partial charge in [-0.2, -0.15) is 0 Å². The van der Waals surface area contributed by atoms with Gasteiger partial charge in [-0.15, -0.1) is 0 Å². The van der Waals surface area contributed by atoms with E-state index in [1.165, 1.54) is 0 Å². The van der Waals surface area contributed by atoms with Crippen molar-refractivity contribution in [2.75, 3.05) is 26.3 Å². The van der Waals surface area contributed by atoms with E-state index in [0.29, 0.717) is 0 Å². The lowest BCUT2D eigenvalue weighted by Gasteiger charge is -2.18. The van der Waals surface area contributed by atoms with Gasteiger partial charge >= 0.3 is 17.9 Å². The highest BCUT2D eigenvalue weighted by atomic mass is 16.4. The third-order valence-corrected chi connectivity index (χ3v) is 2.31. The Morgan fingerprint density at radius 2 is 1.18 bits per heavy atom. The van der Waals surface area contributed by atoms with Crippen molar-refractivity contribution in [1.29, 1.82) is 0 Å². The topological polar surface area (TPSA) is 185 Å². The second-order valence-electron chi connectivity index (χ2n) is 4.38. The van der Waals surface area contributed by atoms with E-state index in [1.54, 1.807) is 0 Å². The standard InChI is InChI=1S/C6H15NO2.C6H8O7/c8-5-1-3-7-4-2-6-9;7-3(8)1-6(13,5(11)12)2-4(9)10/h7-9H,1-6H2;13H,1-2H2,(H,7,8)(H,9,10)(H,11,12). The van der Waals surface area contributed by atoms with Crippen LogP contribution < -0.4 is 5.32 Å². The van der Waals surface area contributed by atoms with Gasteiger partial charge in [0.15, 0.2) is 5.60 Å². The SMILES string of the molecule is O=C(O)CC(O)(CC(=O)O)C(=O)O.OCCCNCCCO. The summed E-state index contributed by atoms with van der Waals surface area (Å²) in [7, 11) is 0. The van der Waals surface area contributed by atoms with Gasteiger partial charge in [0.2, 0.25) is 0 Å². The number of aliphatic hydroxyl groups excluding tert-OH is 2. The van der Waals surface area contributed by atoms with Crippen molar-refractivity contribution in [3.8, 4) is 0 Å². The molecular weight excluding hydrogens is 302 g/mol. The van der Waals surface area contributed by atoms with Gasteiger partial charge in [0.25, 0.3) is 0 Å². The Labute approximate surface area is 127 Å². The molecule has 0 rings (SSSR count). The quantitative estimate of drug-likeness (QED) is 0.211. The third-order valence-electron chi connectivity index (χ3n) is 2.31.